The number of nitrogens with zero attached hydrogens (tertiary/aromatic N) is 4. The van der Waals surface area contributed by atoms with Gasteiger partial charge in [0, 0.05) is 31.1 Å². The topological polar surface area (TPSA) is 62.5 Å². The van der Waals surface area contributed by atoms with E-state index in [1.807, 2.05) is 24.8 Å². The molecule has 2 aromatic rings. The smallest absolute Gasteiger partial charge is 0.222 e. The molecule has 2 saturated heterocycles. The molecule has 0 aromatic carbocycles. The molecule has 2 aliphatic heterocycles. The maximum Gasteiger partial charge on any atom is 0.222 e. The molecule has 2 aromatic heterocycles. The molecule has 1 atom stereocenters. The van der Waals surface area contributed by atoms with Crippen molar-refractivity contribution < 1.29 is 9.21 Å². The number of aryl methyl sites for hydroxylation is 2. The molecule has 1 spiro atoms. The van der Waals surface area contributed by atoms with Crippen LogP contribution in [-0.4, -0.2) is 45.3 Å². The highest BCUT2D eigenvalue weighted by molar-refractivity contribution is 5.77. The monoisotopic (exact) mass is 368 g/mol. The van der Waals surface area contributed by atoms with Crippen LogP contribution in [0.4, 0.5) is 0 Å². The van der Waals surface area contributed by atoms with Crippen molar-refractivity contribution >= 4 is 5.91 Å². The second kappa shape index (κ2) is 7.43. The van der Waals surface area contributed by atoms with Crippen LogP contribution in [0.5, 0.6) is 0 Å². The van der Waals surface area contributed by atoms with Gasteiger partial charge in [0.15, 0.2) is 0 Å². The van der Waals surface area contributed by atoms with E-state index in [9.17, 15) is 4.79 Å². The second-order valence-electron chi connectivity index (χ2n) is 8.23. The van der Waals surface area contributed by atoms with Crippen molar-refractivity contribution in [3.8, 4) is 0 Å². The SMILES string of the molecule is Cc1cnc(CN2CC3(CCCN(Cc4ccc(C)o4)C3)CCC2=O)cn1. The molecule has 2 fully saturated rings. The van der Waals surface area contributed by atoms with E-state index in [0.717, 1.165) is 55.5 Å². The Labute approximate surface area is 160 Å². The van der Waals surface area contributed by atoms with Crippen LogP contribution in [-0.2, 0) is 17.9 Å². The molecule has 6 heteroatoms. The molecule has 144 valence electrons. The maximum absolute atomic E-state index is 12.5. The summed E-state index contributed by atoms with van der Waals surface area (Å²) in [5.41, 5.74) is 1.95. The fraction of sp³-hybridized carbons (Fsp3) is 0.571. The summed E-state index contributed by atoms with van der Waals surface area (Å²) >= 11 is 0. The number of furan rings is 1. The number of piperidine rings is 2. The van der Waals surface area contributed by atoms with Gasteiger partial charge in [0.2, 0.25) is 5.91 Å². The van der Waals surface area contributed by atoms with Gasteiger partial charge < -0.3 is 9.32 Å². The predicted molar refractivity (Wildman–Crippen MR) is 102 cm³/mol. The zero-order valence-electron chi connectivity index (χ0n) is 16.3. The summed E-state index contributed by atoms with van der Waals surface area (Å²) in [6.07, 6.45) is 7.53. The highest BCUT2D eigenvalue weighted by atomic mass is 16.3. The molecule has 2 aliphatic rings. The molecule has 4 heterocycles. The first kappa shape index (κ1) is 18.2. The van der Waals surface area contributed by atoms with Gasteiger partial charge in [-0.25, -0.2) is 0 Å². The molecule has 0 aliphatic carbocycles. The lowest BCUT2D eigenvalue weighted by Gasteiger charge is -2.48. The van der Waals surface area contributed by atoms with E-state index in [0.29, 0.717) is 13.0 Å². The molecule has 0 N–H and O–H groups in total. The summed E-state index contributed by atoms with van der Waals surface area (Å²) < 4.78 is 5.77. The van der Waals surface area contributed by atoms with E-state index >= 15 is 0 Å². The number of amides is 1. The van der Waals surface area contributed by atoms with Gasteiger partial charge in [-0.05, 0) is 51.8 Å². The predicted octanol–water partition coefficient (Wildman–Crippen LogP) is 3.09. The molecular weight excluding hydrogens is 340 g/mol. The number of carbonyl (C=O) groups is 1. The van der Waals surface area contributed by atoms with Gasteiger partial charge in [-0.15, -0.1) is 0 Å². The van der Waals surface area contributed by atoms with Gasteiger partial charge in [-0.3, -0.25) is 19.7 Å². The summed E-state index contributed by atoms with van der Waals surface area (Å²) in [5.74, 6) is 2.23. The normalized spacial score (nSPS) is 23.9. The lowest BCUT2D eigenvalue weighted by Crippen LogP contribution is -2.53. The summed E-state index contributed by atoms with van der Waals surface area (Å²) in [4.78, 5) is 25.7. The minimum absolute atomic E-state index is 0.186. The average molecular weight is 368 g/mol. The van der Waals surface area contributed by atoms with Crippen LogP contribution in [0.15, 0.2) is 28.9 Å². The third-order valence-electron chi connectivity index (χ3n) is 5.85. The van der Waals surface area contributed by atoms with Crippen LogP contribution in [0, 0.1) is 19.3 Å². The number of likely N-dealkylation sites (tertiary alicyclic amines) is 2. The van der Waals surface area contributed by atoms with Crippen molar-refractivity contribution in [2.75, 3.05) is 19.6 Å². The third-order valence-corrected chi connectivity index (χ3v) is 5.85. The van der Waals surface area contributed by atoms with Crippen LogP contribution >= 0.6 is 0 Å². The number of rotatable bonds is 4. The number of carbonyl (C=O) groups excluding carboxylic acids is 1. The van der Waals surface area contributed by atoms with Crippen LogP contribution < -0.4 is 0 Å². The van der Waals surface area contributed by atoms with Gasteiger partial charge in [0.1, 0.15) is 11.5 Å². The highest BCUT2D eigenvalue weighted by Crippen LogP contribution is 2.39. The summed E-state index contributed by atoms with van der Waals surface area (Å²) in [5, 5.41) is 0. The summed E-state index contributed by atoms with van der Waals surface area (Å²) in [7, 11) is 0. The van der Waals surface area contributed by atoms with Crippen molar-refractivity contribution in [1.82, 2.24) is 19.8 Å². The first-order valence-electron chi connectivity index (χ1n) is 9.84. The minimum atomic E-state index is 0.186. The molecule has 27 heavy (non-hydrogen) atoms. The van der Waals surface area contributed by atoms with Crippen LogP contribution in [0.25, 0.3) is 0 Å². The van der Waals surface area contributed by atoms with Crippen molar-refractivity contribution in [2.24, 2.45) is 5.41 Å². The zero-order chi connectivity index (χ0) is 18.9. The van der Waals surface area contributed by atoms with Crippen LogP contribution in [0.1, 0.15) is 48.6 Å². The third kappa shape index (κ3) is 4.21. The lowest BCUT2D eigenvalue weighted by molar-refractivity contribution is -0.140. The Kier molecular flexibility index (Phi) is 5.00. The van der Waals surface area contributed by atoms with Crippen LogP contribution in [0.2, 0.25) is 0 Å². The first-order valence-corrected chi connectivity index (χ1v) is 9.84. The van der Waals surface area contributed by atoms with Crippen molar-refractivity contribution in [1.29, 1.82) is 0 Å². The van der Waals surface area contributed by atoms with Crippen molar-refractivity contribution in [3.05, 3.63) is 47.4 Å². The van der Waals surface area contributed by atoms with E-state index in [1.54, 1.807) is 12.4 Å². The zero-order valence-corrected chi connectivity index (χ0v) is 16.3. The molecule has 0 radical (unpaired) electrons. The number of hydrogen-bond acceptors (Lipinski definition) is 5. The standard InChI is InChI=1S/C21H28N4O2/c1-16-10-23-18(11-22-16)12-25-15-21(8-6-20(25)26)7-3-9-24(14-21)13-19-5-4-17(2)27-19/h4-5,10-11H,3,6-9,12-15H2,1-2H3. The second-order valence-corrected chi connectivity index (χ2v) is 8.23. The van der Waals surface area contributed by atoms with Gasteiger partial charge in [0.05, 0.1) is 30.7 Å². The lowest BCUT2D eigenvalue weighted by atomic mass is 9.73. The van der Waals surface area contributed by atoms with Crippen molar-refractivity contribution in [2.45, 2.75) is 52.6 Å². The Morgan fingerprint density at radius 1 is 1.11 bits per heavy atom. The summed E-state index contributed by atoms with van der Waals surface area (Å²) in [6.45, 7) is 8.26. The molecule has 0 bridgehead atoms. The molecule has 4 rings (SSSR count). The molecule has 1 amide bonds. The molecule has 1 unspecified atom stereocenters. The summed E-state index contributed by atoms with van der Waals surface area (Å²) in [6, 6.07) is 4.10. The van der Waals surface area contributed by atoms with Gasteiger partial charge >= 0.3 is 0 Å². The van der Waals surface area contributed by atoms with Crippen molar-refractivity contribution in [3.63, 3.8) is 0 Å². The van der Waals surface area contributed by atoms with Gasteiger partial charge in [0.25, 0.3) is 0 Å². The molecular formula is C21H28N4O2. The molecule has 0 saturated carbocycles. The Bertz CT molecular complexity index is 801. The maximum atomic E-state index is 12.5. The Morgan fingerprint density at radius 3 is 2.74 bits per heavy atom. The molecule has 6 nitrogen and oxygen atoms in total. The van der Waals surface area contributed by atoms with Gasteiger partial charge in [-0.2, -0.15) is 0 Å². The van der Waals surface area contributed by atoms with Crippen LogP contribution in [0.3, 0.4) is 0 Å². The quantitative estimate of drug-likeness (QED) is 0.830. The fourth-order valence-electron chi connectivity index (χ4n) is 4.51. The van der Waals surface area contributed by atoms with E-state index in [1.165, 1.54) is 12.8 Å². The first-order chi connectivity index (χ1) is 13.0. The van der Waals surface area contributed by atoms with E-state index in [-0.39, 0.29) is 11.3 Å². The number of hydrogen-bond donors (Lipinski definition) is 0. The number of aromatic nitrogens is 2. The Hall–Kier alpha value is -2.21. The Balaban J connectivity index is 1.43. The van der Waals surface area contributed by atoms with E-state index in [4.69, 9.17) is 4.42 Å². The largest absolute Gasteiger partial charge is 0.465 e. The van der Waals surface area contributed by atoms with E-state index in [2.05, 4.69) is 20.9 Å². The fourth-order valence-corrected chi connectivity index (χ4v) is 4.51. The minimum Gasteiger partial charge on any atom is -0.465 e. The van der Waals surface area contributed by atoms with Gasteiger partial charge in [-0.1, -0.05) is 0 Å². The highest BCUT2D eigenvalue weighted by Gasteiger charge is 2.41. The Morgan fingerprint density at radius 2 is 2.00 bits per heavy atom. The average Bonchev–Trinajstić information content (AvgIpc) is 3.05. The van der Waals surface area contributed by atoms with E-state index < -0.39 is 0 Å².